The van der Waals surface area contributed by atoms with Crippen molar-refractivity contribution >= 4 is 17.4 Å². The Morgan fingerprint density at radius 3 is 3.00 bits per heavy atom. The Balaban J connectivity index is 2.10. The molecule has 0 spiro atoms. The molecule has 0 amide bonds. The summed E-state index contributed by atoms with van der Waals surface area (Å²) in [7, 11) is 0. The van der Waals surface area contributed by atoms with Gasteiger partial charge in [-0.05, 0) is 43.2 Å². The number of anilines is 1. The second-order valence-corrected chi connectivity index (χ2v) is 5.91. The molecular weight excluding hydrogens is 221 g/mol. The van der Waals surface area contributed by atoms with Gasteiger partial charge in [-0.2, -0.15) is 11.8 Å². The molecule has 1 aliphatic rings. The molecule has 1 aromatic rings. The van der Waals surface area contributed by atoms with Crippen LogP contribution in [0.25, 0.3) is 0 Å². The van der Waals surface area contributed by atoms with Gasteiger partial charge < -0.3 is 5.32 Å². The SMILES string of the molecule is Cc1ccc(F)cc1NC1CCCSC1C. The summed E-state index contributed by atoms with van der Waals surface area (Å²) in [6, 6.07) is 5.42. The minimum Gasteiger partial charge on any atom is -0.381 e. The van der Waals surface area contributed by atoms with E-state index >= 15 is 0 Å². The van der Waals surface area contributed by atoms with Crippen LogP contribution < -0.4 is 5.32 Å². The molecule has 2 unspecified atom stereocenters. The minimum absolute atomic E-state index is 0.163. The van der Waals surface area contributed by atoms with Crippen LogP contribution in [0, 0.1) is 12.7 Å². The Labute approximate surface area is 101 Å². The van der Waals surface area contributed by atoms with Crippen LogP contribution >= 0.6 is 11.8 Å². The highest BCUT2D eigenvalue weighted by molar-refractivity contribution is 8.00. The first kappa shape index (κ1) is 11.8. The van der Waals surface area contributed by atoms with Gasteiger partial charge in [0.25, 0.3) is 0 Å². The Morgan fingerprint density at radius 2 is 2.25 bits per heavy atom. The third-order valence-corrected chi connectivity index (χ3v) is 4.53. The zero-order valence-corrected chi connectivity index (χ0v) is 10.6. The highest BCUT2D eigenvalue weighted by Gasteiger charge is 2.21. The van der Waals surface area contributed by atoms with E-state index in [1.165, 1.54) is 24.7 Å². The lowest BCUT2D eigenvalue weighted by molar-refractivity contribution is 0.611. The molecule has 1 aliphatic heterocycles. The van der Waals surface area contributed by atoms with E-state index in [4.69, 9.17) is 0 Å². The molecule has 0 aliphatic carbocycles. The van der Waals surface area contributed by atoms with Gasteiger partial charge in [0.1, 0.15) is 5.82 Å². The van der Waals surface area contributed by atoms with Gasteiger partial charge in [-0.25, -0.2) is 4.39 Å². The van der Waals surface area contributed by atoms with Crippen molar-refractivity contribution in [1.29, 1.82) is 0 Å². The molecule has 0 bridgehead atoms. The second kappa shape index (κ2) is 5.09. The first-order chi connectivity index (χ1) is 7.66. The summed E-state index contributed by atoms with van der Waals surface area (Å²) < 4.78 is 13.2. The summed E-state index contributed by atoms with van der Waals surface area (Å²) in [5.41, 5.74) is 2.06. The lowest BCUT2D eigenvalue weighted by Crippen LogP contribution is -2.33. The third kappa shape index (κ3) is 2.70. The van der Waals surface area contributed by atoms with Crippen LogP contribution in [-0.2, 0) is 0 Å². The van der Waals surface area contributed by atoms with E-state index in [0.717, 1.165) is 11.3 Å². The van der Waals surface area contributed by atoms with Crippen LogP contribution in [0.2, 0.25) is 0 Å². The topological polar surface area (TPSA) is 12.0 Å². The molecule has 1 N–H and O–H groups in total. The first-order valence-electron chi connectivity index (χ1n) is 5.81. The number of hydrogen-bond donors (Lipinski definition) is 1. The molecule has 1 aromatic carbocycles. The Morgan fingerprint density at radius 1 is 1.44 bits per heavy atom. The van der Waals surface area contributed by atoms with E-state index in [2.05, 4.69) is 12.2 Å². The summed E-state index contributed by atoms with van der Waals surface area (Å²) in [5, 5.41) is 4.09. The van der Waals surface area contributed by atoms with Crippen molar-refractivity contribution < 1.29 is 4.39 Å². The van der Waals surface area contributed by atoms with Gasteiger partial charge in [0, 0.05) is 17.0 Å². The van der Waals surface area contributed by atoms with E-state index in [0.29, 0.717) is 11.3 Å². The molecule has 0 radical (unpaired) electrons. The molecule has 16 heavy (non-hydrogen) atoms. The fraction of sp³-hybridized carbons (Fsp3) is 0.538. The lowest BCUT2D eigenvalue weighted by Gasteiger charge is -2.30. The molecule has 2 rings (SSSR count). The maximum absolute atomic E-state index is 13.2. The van der Waals surface area contributed by atoms with Crippen molar-refractivity contribution in [3.05, 3.63) is 29.6 Å². The van der Waals surface area contributed by atoms with Gasteiger partial charge in [0.15, 0.2) is 0 Å². The summed E-state index contributed by atoms with van der Waals surface area (Å²) >= 11 is 2.00. The molecule has 3 heteroatoms. The predicted molar refractivity (Wildman–Crippen MR) is 69.7 cm³/mol. The van der Waals surface area contributed by atoms with Gasteiger partial charge in [0.2, 0.25) is 0 Å². The average Bonchev–Trinajstić information content (AvgIpc) is 2.27. The van der Waals surface area contributed by atoms with Crippen LogP contribution in [0.4, 0.5) is 10.1 Å². The molecule has 1 saturated heterocycles. The Kier molecular flexibility index (Phi) is 3.74. The standard InChI is InChI=1S/C13H18FNS/c1-9-5-6-11(14)8-13(9)15-12-4-3-7-16-10(12)2/h5-6,8,10,12,15H,3-4,7H2,1-2H3. The molecule has 0 aromatic heterocycles. The fourth-order valence-corrected chi connectivity index (χ4v) is 3.20. The maximum Gasteiger partial charge on any atom is 0.125 e. The molecule has 1 nitrogen and oxygen atoms in total. The van der Waals surface area contributed by atoms with Crippen molar-refractivity contribution in [1.82, 2.24) is 0 Å². The summed E-state index contributed by atoms with van der Waals surface area (Å²) in [5.74, 6) is 1.09. The number of rotatable bonds is 2. The van der Waals surface area contributed by atoms with Crippen molar-refractivity contribution in [3.8, 4) is 0 Å². The highest BCUT2D eigenvalue weighted by atomic mass is 32.2. The number of halogens is 1. The van der Waals surface area contributed by atoms with Crippen LogP contribution in [0.3, 0.4) is 0 Å². The van der Waals surface area contributed by atoms with Crippen molar-refractivity contribution in [2.75, 3.05) is 11.1 Å². The fourth-order valence-electron chi connectivity index (χ4n) is 2.06. The quantitative estimate of drug-likeness (QED) is 0.841. The molecule has 88 valence electrons. The minimum atomic E-state index is -0.163. The van der Waals surface area contributed by atoms with Crippen LogP contribution in [-0.4, -0.2) is 17.0 Å². The first-order valence-corrected chi connectivity index (χ1v) is 6.86. The largest absolute Gasteiger partial charge is 0.381 e. The number of aryl methyl sites for hydroxylation is 1. The Hall–Kier alpha value is -0.700. The van der Waals surface area contributed by atoms with Crippen molar-refractivity contribution in [3.63, 3.8) is 0 Å². The normalized spacial score (nSPS) is 25.4. The number of hydrogen-bond acceptors (Lipinski definition) is 2. The number of nitrogens with one attached hydrogen (secondary N) is 1. The smallest absolute Gasteiger partial charge is 0.125 e. The van der Waals surface area contributed by atoms with Gasteiger partial charge in [-0.3, -0.25) is 0 Å². The lowest BCUT2D eigenvalue weighted by atomic mass is 10.1. The molecule has 1 heterocycles. The number of benzene rings is 1. The zero-order chi connectivity index (χ0) is 11.5. The maximum atomic E-state index is 13.2. The van der Waals surface area contributed by atoms with E-state index in [1.807, 2.05) is 24.8 Å². The predicted octanol–water partition coefficient (Wildman–Crippen LogP) is 3.83. The van der Waals surface area contributed by atoms with Crippen molar-refractivity contribution in [2.45, 2.75) is 38.0 Å². The highest BCUT2D eigenvalue weighted by Crippen LogP contribution is 2.28. The average molecular weight is 239 g/mol. The van der Waals surface area contributed by atoms with Crippen LogP contribution in [0.15, 0.2) is 18.2 Å². The molecule has 2 atom stereocenters. The monoisotopic (exact) mass is 239 g/mol. The summed E-state index contributed by atoms with van der Waals surface area (Å²) in [6.07, 6.45) is 2.44. The van der Waals surface area contributed by atoms with Crippen molar-refractivity contribution in [2.24, 2.45) is 0 Å². The van der Waals surface area contributed by atoms with Gasteiger partial charge in [-0.15, -0.1) is 0 Å². The van der Waals surface area contributed by atoms with Gasteiger partial charge in [0.05, 0.1) is 0 Å². The summed E-state index contributed by atoms with van der Waals surface area (Å²) in [4.78, 5) is 0. The summed E-state index contributed by atoms with van der Waals surface area (Å²) in [6.45, 7) is 4.26. The van der Waals surface area contributed by atoms with Gasteiger partial charge in [-0.1, -0.05) is 13.0 Å². The molecule has 0 saturated carbocycles. The molecular formula is C13H18FNS. The van der Waals surface area contributed by atoms with E-state index in [-0.39, 0.29) is 5.82 Å². The molecule has 1 fully saturated rings. The van der Waals surface area contributed by atoms with E-state index < -0.39 is 0 Å². The van der Waals surface area contributed by atoms with E-state index in [1.54, 1.807) is 6.07 Å². The number of thioether (sulfide) groups is 1. The second-order valence-electron chi connectivity index (χ2n) is 4.43. The van der Waals surface area contributed by atoms with Crippen LogP contribution in [0.5, 0.6) is 0 Å². The van der Waals surface area contributed by atoms with Gasteiger partial charge >= 0.3 is 0 Å². The third-order valence-electron chi connectivity index (χ3n) is 3.15. The van der Waals surface area contributed by atoms with Crippen LogP contribution in [0.1, 0.15) is 25.3 Å². The van der Waals surface area contributed by atoms with E-state index in [9.17, 15) is 4.39 Å². The zero-order valence-electron chi connectivity index (χ0n) is 9.79. The Bertz CT molecular complexity index is 367.